The Labute approximate surface area is 167 Å². The summed E-state index contributed by atoms with van der Waals surface area (Å²) in [6, 6.07) is 18.6. The van der Waals surface area contributed by atoms with Crippen LogP contribution in [0.15, 0.2) is 54.6 Å². The van der Waals surface area contributed by atoms with Crippen LogP contribution in [0.1, 0.15) is 25.3 Å². The molecular weight excluding hydrogens is 362 g/mol. The molecule has 2 aromatic rings. The zero-order chi connectivity index (χ0) is 18.4. The zero-order valence-electron chi connectivity index (χ0n) is 15.6. The van der Waals surface area contributed by atoms with Gasteiger partial charge < -0.3 is 20.7 Å². The Hall–Kier alpha value is -2.08. The molecule has 6 heteroatoms. The summed E-state index contributed by atoms with van der Waals surface area (Å²) in [7, 11) is 0. The van der Waals surface area contributed by atoms with E-state index in [4.69, 9.17) is 10.5 Å². The minimum atomic E-state index is -0.364. The maximum atomic E-state index is 12.2. The van der Waals surface area contributed by atoms with Gasteiger partial charge in [-0.15, -0.1) is 12.4 Å². The van der Waals surface area contributed by atoms with E-state index >= 15 is 0 Å². The van der Waals surface area contributed by atoms with E-state index < -0.39 is 0 Å². The number of benzene rings is 2. The average Bonchev–Trinajstić information content (AvgIpc) is 3.18. The highest BCUT2D eigenvalue weighted by Crippen LogP contribution is 2.25. The quantitative estimate of drug-likeness (QED) is 0.761. The molecular formula is C21H28ClN3O2. The molecule has 1 aliphatic heterocycles. The lowest BCUT2D eigenvalue weighted by Gasteiger charge is -2.23. The van der Waals surface area contributed by atoms with Crippen LogP contribution in [0.25, 0.3) is 0 Å². The molecule has 2 atom stereocenters. The number of anilines is 2. The Morgan fingerprint density at radius 3 is 2.37 bits per heavy atom. The van der Waals surface area contributed by atoms with Crippen LogP contribution >= 0.6 is 12.4 Å². The van der Waals surface area contributed by atoms with Gasteiger partial charge in [-0.25, -0.2) is 0 Å². The van der Waals surface area contributed by atoms with E-state index in [1.54, 1.807) is 0 Å². The van der Waals surface area contributed by atoms with Gasteiger partial charge in [-0.3, -0.25) is 4.79 Å². The number of nitrogens with two attached hydrogens (primary N) is 1. The van der Waals surface area contributed by atoms with Crippen LogP contribution in [0.4, 0.5) is 11.4 Å². The number of carbonyl (C=O) groups excluding carboxylic acids is 1. The third kappa shape index (κ3) is 5.45. The number of carbonyl (C=O) groups is 1. The molecule has 27 heavy (non-hydrogen) atoms. The van der Waals surface area contributed by atoms with E-state index in [0.29, 0.717) is 13.1 Å². The first-order chi connectivity index (χ1) is 12.7. The highest BCUT2D eigenvalue weighted by atomic mass is 35.5. The standard InChI is InChI=1S/C21H27N3O2.ClH/c1-2-24(17-6-4-3-5-7-17)18-10-8-16(9-11-18)15-23-21(25)20-13-12-19(14-22)26-20;/h3-11,19-20H,2,12-15,22H2,1H3,(H,23,25);1H/t19-,20+;/m1./s1. The summed E-state index contributed by atoms with van der Waals surface area (Å²) in [6.07, 6.45) is 1.25. The van der Waals surface area contributed by atoms with Crippen LogP contribution < -0.4 is 16.0 Å². The SMILES string of the molecule is CCN(c1ccccc1)c1ccc(CNC(=O)[C@@H]2CC[C@H](CN)O2)cc1.Cl. The fourth-order valence-corrected chi connectivity index (χ4v) is 3.29. The normalized spacial score (nSPS) is 18.6. The van der Waals surface area contributed by atoms with Crippen molar-refractivity contribution in [2.24, 2.45) is 5.73 Å². The van der Waals surface area contributed by atoms with Crippen LogP contribution in [0.3, 0.4) is 0 Å². The number of amides is 1. The monoisotopic (exact) mass is 389 g/mol. The summed E-state index contributed by atoms with van der Waals surface area (Å²) >= 11 is 0. The van der Waals surface area contributed by atoms with Gasteiger partial charge in [-0.05, 0) is 49.6 Å². The molecule has 3 rings (SSSR count). The number of hydrogen-bond donors (Lipinski definition) is 2. The lowest BCUT2D eigenvalue weighted by molar-refractivity contribution is -0.132. The predicted molar refractivity (Wildman–Crippen MR) is 112 cm³/mol. The lowest BCUT2D eigenvalue weighted by Crippen LogP contribution is -2.35. The second-order valence-electron chi connectivity index (χ2n) is 6.52. The first kappa shape index (κ1) is 21.2. The summed E-state index contributed by atoms with van der Waals surface area (Å²) < 4.78 is 5.63. The minimum absolute atomic E-state index is 0. The van der Waals surface area contributed by atoms with Crippen molar-refractivity contribution in [1.82, 2.24) is 5.32 Å². The molecule has 5 nitrogen and oxygen atoms in total. The van der Waals surface area contributed by atoms with E-state index in [2.05, 4.69) is 53.5 Å². The highest BCUT2D eigenvalue weighted by molar-refractivity contribution is 5.85. The van der Waals surface area contributed by atoms with E-state index in [1.165, 1.54) is 5.69 Å². The van der Waals surface area contributed by atoms with Crippen molar-refractivity contribution >= 4 is 29.7 Å². The Bertz CT molecular complexity index is 709. The maximum absolute atomic E-state index is 12.2. The van der Waals surface area contributed by atoms with Crippen molar-refractivity contribution in [2.75, 3.05) is 18.0 Å². The zero-order valence-corrected chi connectivity index (χ0v) is 16.5. The molecule has 146 valence electrons. The lowest BCUT2D eigenvalue weighted by atomic mass is 10.1. The topological polar surface area (TPSA) is 67.6 Å². The molecule has 0 bridgehead atoms. The maximum Gasteiger partial charge on any atom is 0.249 e. The molecule has 0 unspecified atom stereocenters. The summed E-state index contributed by atoms with van der Waals surface area (Å²) in [6.45, 7) is 4.00. The van der Waals surface area contributed by atoms with Gasteiger partial charge in [0.15, 0.2) is 0 Å². The van der Waals surface area contributed by atoms with Crippen molar-refractivity contribution in [3.8, 4) is 0 Å². The number of nitrogens with zero attached hydrogens (tertiary/aromatic N) is 1. The van der Waals surface area contributed by atoms with E-state index in [9.17, 15) is 4.79 Å². The Morgan fingerprint density at radius 2 is 1.78 bits per heavy atom. The molecule has 1 saturated heterocycles. The molecule has 0 saturated carbocycles. The van der Waals surface area contributed by atoms with Crippen LogP contribution in [0, 0.1) is 0 Å². The van der Waals surface area contributed by atoms with Gasteiger partial charge in [-0.2, -0.15) is 0 Å². The largest absolute Gasteiger partial charge is 0.364 e. The number of nitrogens with one attached hydrogen (secondary N) is 1. The van der Waals surface area contributed by atoms with Gasteiger partial charge in [0.1, 0.15) is 6.10 Å². The van der Waals surface area contributed by atoms with Gasteiger partial charge in [0.25, 0.3) is 0 Å². The third-order valence-electron chi connectivity index (χ3n) is 4.76. The Balaban J connectivity index is 0.00000261. The van der Waals surface area contributed by atoms with E-state index in [1.807, 2.05) is 18.2 Å². The number of halogens is 1. The Morgan fingerprint density at radius 1 is 1.11 bits per heavy atom. The predicted octanol–water partition coefficient (Wildman–Crippen LogP) is 3.39. The van der Waals surface area contributed by atoms with Gasteiger partial charge in [0, 0.05) is 31.0 Å². The molecule has 0 aromatic heterocycles. The van der Waals surface area contributed by atoms with Crippen molar-refractivity contribution < 1.29 is 9.53 Å². The highest BCUT2D eigenvalue weighted by Gasteiger charge is 2.29. The number of ether oxygens (including phenoxy) is 1. The average molecular weight is 390 g/mol. The second-order valence-corrected chi connectivity index (χ2v) is 6.52. The summed E-state index contributed by atoms with van der Waals surface area (Å²) in [5.74, 6) is -0.0514. The molecule has 1 heterocycles. The first-order valence-corrected chi connectivity index (χ1v) is 9.26. The fourth-order valence-electron chi connectivity index (χ4n) is 3.29. The van der Waals surface area contributed by atoms with Gasteiger partial charge >= 0.3 is 0 Å². The smallest absolute Gasteiger partial charge is 0.249 e. The fraction of sp³-hybridized carbons (Fsp3) is 0.381. The van der Waals surface area contributed by atoms with Crippen molar-refractivity contribution in [1.29, 1.82) is 0 Å². The van der Waals surface area contributed by atoms with Crippen LogP contribution in [0.2, 0.25) is 0 Å². The van der Waals surface area contributed by atoms with E-state index in [0.717, 1.165) is 30.6 Å². The molecule has 2 aromatic carbocycles. The number of hydrogen-bond acceptors (Lipinski definition) is 4. The molecule has 1 aliphatic rings. The van der Waals surface area contributed by atoms with Gasteiger partial charge in [0.05, 0.1) is 6.10 Å². The molecule has 1 fully saturated rings. The van der Waals surface area contributed by atoms with Crippen LogP contribution in [0.5, 0.6) is 0 Å². The number of rotatable bonds is 7. The van der Waals surface area contributed by atoms with Gasteiger partial charge in [0.2, 0.25) is 5.91 Å². The minimum Gasteiger partial charge on any atom is -0.364 e. The van der Waals surface area contributed by atoms with Crippen molar-refractivity contribution in [3.63, 3.8) is 0 Å². The Kier molecular flexibility index (Phi) is 8.10. The first-order valence-electron chi connectivity index (χ1n) is 9.26. The molecule has 3 N–H and O–H groups in total. The van der Waals surface area contributed by atoms with Crippen molar-refractivity contribution in [3.05, 3.63) is 60.2 Å². The molecule has 1 amide bonds. The van der Waals surface area contributed by atoms with Crippen LogP contribution in [-0.2, 0) is 16.1 Å². The van der Waals surface area contributed by atoms with E-state index in [-0.39, 0.29) is 30.5 Å². The van der Waals surface area contributed by atoms with Gasteiger partial charge in [-0.1, -0.05) is 30.3 Å². The van der Waals surface area contributed by atoms with Crippen LogP contribution in [-0.4, -0.2) is 31.2 Å². The molecule has 0 spiro atoms. The summed E-state index contributed by atoms with van der Waals surface area (Å²) in [4.78, 5) is 14.5. The molecule has 0 radical (unpaired) electrons. The summed E-state index contributed by atoms with van der Waals surface area (Å²) in [5, 5.41) is 2.96. The number of para-hydroxylation sites is 1. The van der Waals surface area contributed by atoms with Crippen molar-refractivity contribution in [2.45, 2.75) is 38.5 Å². The third-order valence-corrected chi connectivity index (χ3v) is 4.76. The molecule has 0 aliphatic carbocycles. The second kappa shape index (κ2) is 10.3. The summed E-state index contributed by atoms with van der Waals surface area (Å²) in [5.41, 5.74) is 8.97.